The van der Waals surface area contributed by atoms with Gasteiger partial charge in [0.25, 0.3) is 0 Å². The summed E-state index contributed by atoms with van der Waals surface area (Å²) in [5.41, 5.74) is 1.87. The summed E-state index contributed by atoms with van der Waals surface area (Å²) in [7, 11) is 0. The molecule has 1 aliphatic carbocycles. The van der Waals surface area contributed by atoms with E-state index in [4.69, 9.17) is 5.11 Å². The smallest absolute Gasteiger partial charge is 0.303 e. The average Bonchev–Trinajstić information content (AvgIpc) is 3.20. The first-order valence-electron chi connectivity index (χ1n) is 8.85. The van der Waals surface area contributed by atoms with Crippen molar-refractivity contribution in [2.45, 2.75) is 70.6 Å². The Morgan fingerprint density at radius 1 is 1.38 bits per heavy atom. The maximum Gasteiger partial charge on any atom is 0.303 e. The highest BCUT2D eigenvalue weighted by Crippen LogP contribution is 2.20. The van der Waals surface area contributed by atoms with Crippen LogP contribution in [0.5, 0.6) is 0 Å². The van der Waals surface area contributed by atoms with E-state index in [1.807, 2.05) is 17.7 Å². The Hall–Kier alpha value is -1.89. The highest BCUT2D eigenvalue weighted by Gasteiger charge is 2.28. The quantitative estimate of drug-likeness (QED) is 0.815. The Morgan fingerprint density at radius 3 is 2.83 bits per heavy atom. The maximum absolute atomic E-state index is 12.5. The van der Waals surface area contributed by atoms with Gasteiger partial charge in [-0.1, -0.05) is 12.8 Å². The normalized spacial score (nSPS) is 19.9. The molecule has 2 aliphatic rings. The maximum atomic E-state index is 12.5. The van der Waals surface area contributed by atoms with Crippen LogP contribution in [0.1, 0.15) is 50.4 Å². The van der Waals surface area contributed by atoms with Crippen molar-refractivity contribution >= 4 is 11.9 Å². The SMILES string of the molecule is C[C@H](C(=O)NC1CCCC1)N1CCn2nc(CCC(=O)O)cc2C1. The number of amides is 1. The van der Waals surface area contributed by atoms with Crippen molar-refractivity contribution in [3.8, 4) is 0 Å². The van der Waals surface area contributed by atoms with E-state index in [-0.39, 0.29) is 18.4 Å². The van der Waals surface area contributed by atoms with Crippen molar-refractivity contribution in [3.05, 3.63) is 17.5 Å². The van der Waals surface area contributed by atoms with Crippen molar-refractivity contribution in [2.24, 2.45) is 0 Å². The predicted molar refractivity (Wildman–Crippen MR) is 88.5 cm³/mol. The molecule has 1 atom stereocenters. The number of carboxylic acid groups (broad SMARTS) is 1. The molecule has 2 N–H and O–H groups in total. The number of nitrogens with one attached hydrogen (secondary N) is 1. The second-order valence-corrected chi connectivity index (χ2v) is 6.88. The second kappa shape index (κ2) is 7.34. The predicted octanol–water partition coefficient (Wildman–Crippen LogP) is 1.16. The van der Waals surface area contributed by atoms with Gasteiger partial charge >= 0.3 is 5.97 Å². The topological polar surface area (TPSA) is 87.5 Å². The van der Waals surface area contributed by atoms with Gasteiger partial charge in [-0.25, -0.2) is 0 Å². The summed E-state index contributed by atoms with van der Waals surface area (Å²) in [5.74, 6) is -0.694. The number of hydrogen-bond acceptors (Lipinski definition) is 4. The number of aromatic nitrogens is 2. The monoisotopic (exact) mass is 334 g/mol. The summed E-state index contributed by atoms with van der Waals surface area (Å²) in [5, 5.41) is 16.4. The van der Waals surface area contributed by atoms with Gasteiger partial charge in [-0.15, -0.1) is 0 Å². The lowest BCUT2D eigenvalue weighted by molar-refractivity contribution is -0.137. The lowest BCUT2D eigenvalue weighted by Gasteiger charge is -2.32. The zero-order valence-corrected chi connectivity index (χ0v) is 14.2. The number of aryl methyl sites for hydroxylation is 1. The van der Waals surface area contributed by atoms with Gasteiger partial charge in [0.1, 0.15) is 0 Å². The number of hydrogen-bond donors (Lipinski definition) is 2. The molecule has 1 fully saturated rings. The average molecular weight is 334 g/mol. The number of rotatable bonds is 6. The van der Waals surface area contributed by atoms with Gasteiger partial charge in [0, 0.05) is 25.6 Å². The van der Waals surface area contributed by atoms with Gasteiger partial charge in [-0.05, 0) is 25.8 Å². The van der Waals surface area contributed by atoms with E-state index >= 15 is 0 Å². The summed E-state index contributed by atoms with van der Waals surface area (Å²) < 4.78 is 1.94. The highest BCUT2D eigenvalue weighted by molar-refractivity contribution is 5.81. The first-order chi connectivity index (χ1) is 11.5. The van der Waals surface area contributed by atoms with Crippen LogP contribution in [-0.2, 0) is 29.1 Å². The molecule has 1 aliphatic heterocycles. The molecular weight excluding hydrogens is 308 g/mol. The summed E-state index contributed by atoms with van der Waals surface area (Å²) in [6, 6.07) is 2.16. The Morgan fingerprint density at radius 2 is 2.12 bits per heavy atom. The number of nitrogens with zero attached hydrogens (tertiary/aromatic N) is 3. The Kier molecular flexibility index (Phi) is 5.18. The van der Waals surface area contributed by atoms with E-state index in [1.54, 1.807) is 0 Å². The molecule has 1 saturated carbocycles. The Balaban J connectivity index is 1.57. The molecule has 24 heavy (non-hydrogen) atoms. The number of fused-ring (bicyclic) bond motifs is 1. The van der Waals surface area contributed by atoms with Crippen molar-refractivity contribution in [1.29, 1.82) is 0 Å². The third-order valence-electron chi connectivity index (χ3n) is 5.10. The minimum absolute atomic E-state index is 0.0976. The summed E-state index contributed by atoms with van der Waals surface area (Å²) in [6.07, 6.45) is 5.16. The highest BCUT2D eigenvalue weighted by atomic mass is 16.4. The van der Waals surface area contributed by atoms with Crippen LogP contribution in [-0.4, -0.2) is 50.3 Å². The zero-order valence-electron chi connectivity index (χ0n) is 14.2. The van der Waals surface area contributed by atoms with Gasteiger partial charge in [0.2, 0.25) is 5.91 Å². The van der Waals surface area contributed by atoms with Crippen LogP contribution in [0, 0.1) is 0 Å². The van der Waals surface area contributed by atoms with E-state index in [1.165, 1.54) is 12.8 Å². The third-order valence-corrected chi connectivity index (χ3v) is 5.10. The molecule has 3 rings (SSSR count). The van der Waals surface area contributed by atoms with Crippen LogP contribution in [0.15, 0.2) is 6.07 Å². The summed E-state index contributed by atoms with van der Waals surface area (Å²) in [6.45, 7) is 4.16. The largest absolute Gasteiger partial charge is 0.481 e. The van der Waals surface area contributed by atoms with Crippen molar-refractivity contribution in [1.82, 2.24) is 20.0 Å². The lowest BCUT2D eigenvalue weighted by atomic mass is 10.1. The number of carbonyl (C=O) groups excluding carboxylic acids is 1. The molecule has 132 valence electrons. The van der Waals surface area contributed by atoms with E-state index < -0.39 is 5.97 Å². The van der Waals surface area contributed by atoms with Crippen molar-refractivity contribution in [3.63, 3.8) is 0 Å². The van der Waals surface area contributed by atoms with E-state index in [0.717, 1.165) is 37.3 Å². The molecule has 1 aromatic heterocycles. The standard InChI is InChI=1S/C17H26N4O3/c1-12(17(24)18-13-4-2-3-5-13)20-8-9-21-15(11-20)10-14(19-21)6-7-16(22)23/h10,12-13H,2-9,11H2,1H3,(H,18,24)(H,22,23)/t12-/m1/s1. The minimum atomic E-state index is -0.806. The number of aliphatic carboxylic acids is 1. The molecule has 0 spiro atoms. The molecule has 7 heteroatoms. The fourth-order valence-corrected chi connectivity index (χ4v) is 3.59. The van der Waals surface area contributed by atoms with Gasteiger partial charge in [-0.3, -0.25) is 19.2 Å². The number of carbonyl (C=O) groups is 2. The Bertz CT molecular complexity index is 607. The van der Waals surface area contributed by atoms with Crippen molar-refractivity contribution in [2.75, 3.05) is 6.54 Å². The van der Waals surface area contributed by atoms with Crippen LogP contribution in [0.3, 0.4) is 0 Å². The van der Waals surface area contributed by atoms with Crippen LogP contribution >= 0.6 is 0 Å². The van der Waals surface area contributed by atoms with Crippen molar-refractivity contribution < 1.29 is 14.7 Å². The fourth-order valence-electron chi connectivity index (χ4n) is 3.59. The molecular formula is C17H26N4O3. The van der Waals surface area contributed by atoms with Gasteiger partial charge < -0.3 is 10.4 Å². The van der Waals surface area contributed by atoms with E-state index in [2.05, 4.69) is 15.3 Å². The molecule has 1 amide bonds. The van der Waals surface area contributed by atoms with Crippen LogP contribution in [0.2, 0.25) is 0 Å². The fraction of sp³-hybridized carbons (Fsp3) is 0.706. The van der Waals surface area contributed by atoms with E-state index in [0.29, 0.717) is 19.0 Å². The van der Waals surface area contributed by atoms with Gasteiger partial charge in [0.05, 0.1) is 30.4 Å². The first-order valence-corrected chi connectivity index (χ1v) is 8.85. The molecule has 2 heterocycles. The van der Waals surface area contributed by atoms with Crippen LogP contribution in [0.4, 0.5) is 0 Å². The molecule has 0 saturated heterocycles. The third kappa shape index (κ3) is 3.95. The Labute approximate surface area is 142 Å². The minimum Gasteiger partial charge on any atom is -0.481 e. The molecule has 0 radical (unpaired) electrons. The number of carboxylic acids is 1. The zero-order chi connectivity index (χ0) is 17.1. The van der Waals surface area contributed by atoms with Crippen LogP contribution < -0.4 is 5.32 Å². The lowest BCUT2D eigenvalue weighted by Crippen LogP contribution is -2.49. The summed E-state index contributed by atoms with van der Waals surface area (Å²) in [4.78, 5) is 25.3. The molecule has 1 aromatic rings. The molecule has 7 nitrogen and oxygen atoms in total. The molecule has 0 bridgehead atoms. The summed E-state index contributed by atoms with van der Waals surface area (Å²) >= 11 is 0. The van der Waals surface area contributed by atoms with E-state index in [9.17, 15) is 9.59 Å². The second-order valence-electron chi connectivity index (χ2n) is 6.88. The van der Waals surface area contributed by atoms with Gasteiger partial charge in [-0.2, -0.15) is 5.10 Å². The molecule has 0 aromatic carbocycles. The van der Waals surface area contributed by atoms with Crippen LogP contribution in [0.25, 0.3) is 0 Å². The molecule has 0 unspecified atom stereocenters. The first kappa shape index (κ1) is 17.0. The van der Waals surface area contributed by atoms with Gasteiger partial charge in [0.15, 0.2) is 0 Å².